The number of benzene rings is 4. The van der Waals surface area contributed by atoms with Crippen molar-refractivity contribution in [1.82, 2.24) is 0 Å². The van der Waals surface area contributed by atoms with E-state index in [1.54, 1.807) is 18.2 Å². The fourth-order valence-corrected chi connectivity index (χ4v) is 3.44. The second-order valence-corrected chi connectivity index (χ2v) is 8.22. The molecular weight excluding hydrogens is 481 g/mol. The Morgan fingerprint density at radius 1 is 0.529 bits per heavy atom. The molecule has 8 heteroatoms. The summed E-state index contributed by atoms with van der Waals surface area (Å²) in [6.07, 6.45) is 0. The highest BCUT2D eigenvalue weighted by Gasteiger charge is 2.02. The van der Waals surface area contributed by atoms with Gasteiger partial charge in [-0.15, -0.1) is 12.6 Å². The van der Waals surface area contributed by atoms with E-state index in [-0.39, 0.29) is 5.75 Å². The summed E-state index contributed by atoms with van der Waals surface area (Å²) in [5.41, 5.74) is 3.34. The predicted molar refractivity (Wildman–Crippen MR) is 154 cm³/mol. The number of rotatable bonds is 4. The summed E-state index contributed by atoms with van der Waals surface area (Å²) >= 11 is 14.7. The molecule has 0 fully saturated rings. The quantitative estimate of drug-likeness (QED) is 0.102. The number of nitrogens with one attached hydrogen (secondary N) is 4. The van der Waals surface area contributed by atoms with Crippen LogP contribution >= 0.6 is 37.1 Å². The van der Waals surface area contributed by atoms with Gasteiger partial charge in [-0.3, -0.25) is 0 Å². The van der Waals surface area contributed by atoms with E-state index in [2.05, 4.69) is 33.9 Å². The van der Waals surface area contributed by atoms with E-state index < -0.39 is 0 Å². The SMILES string of the molecule is Oc1ccccc1NC(=S)Nc1ccccc1.S=C(Nc1ccccc1)Nc1ccccc1S. The zero-order chi connectivity index (χ0) is 24.2. The molecule has 0 aliphatic heterocycles. The summed E-state index contributed by atoms with van der Waals surface area (Å²) in [4.78, 5) is 0.865. The van der Waals surface area contributed by atoms with Crippen molar-refractivity contribution in [2.24, 2.45) is 0 Å². The standard InChI is InChI=1S/C13H12N2OS.C13H12N2S2/c2*16-12-9-5-4-8-11(12)15-13(17)14-10-6-2-1-3-7-10/h2*1-9,16H,(H2,14,15,17). The van der Waals surface area contributed by atoms with Crippen molar-refractivity contribution >= 4 is 70.0 Å². The largest absolute Gasteiger partial charge is 0.506 e. The molecule has 0 amide bonds. The van der Waals surface area contributed by atoms with Gasteiger partial charge in [0.25, 0.3) is 0 Å². The van der Waals surface area contributed by atoms with Crippen molar-refractivity contribution in [1.29, 1.82) is 0 Å². The van der Waals surface area contributed by atoms with Gasteiger partial charge in [0.2, 0.25) is 0 Å². The van der Waals surface area contributed by atoms with Crippen molar-refractivity contribution in [3.05, 3.63) is 109 Å². The van der Waals surface area contributed by atoms with Gasteiger partial charge in [0.15, 0.2) is 10.2 Å². The third-order valence-electron chi connectivity index (χ3n) is 4.37. The Morgan fingerprint density at radius 3 is 1.44 bits per heavy atom. The van der Waals surface area contributed by atoms with Crippen LogP contribution in [0, 0.1) is 0 Å². The first kappa shape index (κ1) is 25.0. The van der Waals surface area contributed by atoms with E-state index in [4.69, 9.17) is 24.4 Å². The lowest BCUT2D eigenvalue weighted by Crippen LogP contribution is -2.19. The fourth-order valence-electron chi connectivity index (χ4n) is 2.77. The second-order valence-electron chi connectivity index (χ2n) is 6.92. The molecule has 0 saturated carbocycles. The van der Waals surface area contributed by atoms with Gasteiger partial charge < -0.3 is 26.4 Å². The number of aromatic hydroxyl groups is 1. The number of phenols is 1. The van der Waals surface area contributed by atoms with Crippen LogP contribution in [0.5, 0.6) is 5.75 Å². The first-order chi connectivity index (χ1) is 16.5. The maximum Gasteiger partial charge on any atom is 0.175 e. The maximum absolute atomic E-state index is 9.58. The molecule has 4 aromatic rings. The minimum Gasteiger partial charge on any atom is -0.506 e. The first-order valence-electron chi connectivity index (χ1n) is 10.3. The van der Waals surface area contributed by atoms with Crippen LogP contribution in [-0.2, 0) is 0 Å². The number of para-hydroxylation sites is 5. The normalized spacial score (nSPS) is 9.68. The molecule has 0 aliphatic carbocycles. The van der Waals surface area contributed by atoms with Crippen LogP contribution in [0.4, 0.5) is 22.7 Å². The molecule has 34 heavy (non-hydrogen) atoms. The number of hydrogen-bond acceptors (Lipinski definition) is 4. The molecule has 0 aromatic heterocycles. The third kappa shape index (κ3) is 8.40. The zero-order valence-electron chi connectivity index (χ0n) is 18.1. The van der Waals surface area contributed by atoms with Crippen LogP contribution in [0.1, 0.15) is 0 Å². The Hall–Kier alpha value is -3.59. The van der Waals surface area contributed by atoms with Gasteiger partial charge in [0.1, 0.15) is 5.75 Å². The summed E-state index contributed by atoms with van der Waals surface area (Å²) < 4.78 is 0. The summed E-state index contributed by atoms with van der Waals surface area (Å²) in [5.74, 6) is 0.171. The summed E-state index contributed by atoms with van der Waals surface area (Å²) in [7, 11) is 0. The predicted octanol–water partition coefficient (Wildman–Crippen LogP) is 6.99. The van der Waals surface area contributed by atoms with Crippen molar-refractivity contribution in [3.63, 3.8) is 0 Å². The first-order valence-corrected chi connectivity index (χ1v) is 11.6. The molecule has 0 radical (unpaired) electrons. The Balaban J connectivity index is 0.000000191. The monoisotopic (exact) mass is 504 g/mol. The molecule has 0 aliphatic rings. The lowest BCUT2D eigenvalue weighted by atomic mass is 10.3. The van der Waals surface area contributed by atoms with Gasteiger partial charge in [-0.1, -0.05) is 60.7 Å². The zero-order valence-corrected chi connectivity index (χ0v) is 20.6. The Bertz CT molecular complexity index is 1120. The minimum absolute atomic E-state index is 0.171. The summed E-state index contributed by atoms with van der Waals surface area (Å²) in [6, 6.07) is 34.1. The summed E-state index contributed by atoms with van der Waals surface area (Å²) in [6.45, 7) is 0. The van der Waals surface area contributed by atoms with Crippen molar-refractivity contribution in [3.8, 4) is 5.75 Å². The van der Waals surface area contributed by atoms with Crippen LogP contribution in [0.2, 0.25) is 0 Å². The molecule has 5 N–H and O–H groups in total. The van der Waals surface area contributed by atoms with Gasteiger partial charge in [0, 0.05) is 16.3 Å². The second kappa shape index (κ2) is 13.2. The molecule has 0 spiro atoms. The smallest absolute Gasteiger partial charge is 0.175 e. The average Bonchev–Trinajstić information content (AvgIpc) is 2.84. The molecule has 5 nitrogen and oxygen atoms in total. The molecular formula is C26H24N4OS3. The number of anilines is 4. The third-order valence-corrected chi connectivity index (χ3v) is 5.17. The van der Waals surface area contributed by atoms with E-state index in [0.29, 0.717) is 15.9 Å². The topological polar surface area (TPSA) is 68.3 Å². The maximum atomic E-state index is 9.58. The van der Waals surface area contributed by atoms with Crippen molar-refractivity contribution in [2.45, 2.75) is 4.90 Å². The van der Waals surface area contributed by atoms with E-state index >= 15 is 0 Å². The highest BCUT2D eigenvalue weighted by Crippen LogP contribution is 2.22. The van der Waals surface area contributed by atoms with Crippen LogP contribution < -0.4 is 21.3 Å². The Kier molecular flexibility index (Phi) is 9.72. The molecule has 0 heterocycles. The molecule has 172 valence electrons. The van der Waals surface area contributed by atoms with E-state index in [0.717, 1.165) is 22.0 Å². The van der Waals surface area contributed by atoms with E-state index in [1.165, 1.54) is 0 Å². The highest BCUT2D eigenvalue weighted by atomic mass is 32.1. The lowest BCUT2D eigenvalue weighted by molar-refractivity contribution is 0.478. The molecule has 0 atom stereocenters. The molecule has 0 bridgehead atoms. The molecule has 0 unspecified atom stereocenters. The van der Waals surface area contributed by atoms with Gasteiger partial charge >= 0.3 is 0 Å². The average molecular weight is 505 g/mol. The highest BCUT2D eigenvalue weighted by molar-refractivity contribution is 7.81. The molecule has 4 rings (SSSR count). The molecule has 0 saturated heterocycles. The minimum atomic E-state index is 0.171. The van der Waals surface area contributed by atoms with Crippen LogP contribution in [0.25, 0.3) is 0 Å². The number of hydrogen-bond donors (Lipinski definition) is 6. The van der Waals surface area contributed by atoms with Crippen molar-refractivity contribution in [2.75, 3.05) is 21.3 Å². The van der Waals surface area contributed by atoms with Gasteiger partial charge in [-0.25, -0.2) is 0 Å². The van der Waals surface area contributed by atoms with Crippen LogP contribution in [0.3, 0.4) is 0 Å². The van der Waals surface area contributed by atoms with Crippen molar-refractivity contribution < 1.29 is 5.11 Å². The summed E-state index contributed by atoms with van der Waals surface area (Å²) in [5, 5.41) is 22.7. The number of thiol groups is 1. The van der Waals surface area contributed by atoms with Gasteiger partial charge in [0.05, 0.1) is 11.4 Å². The van der Waals surface area contributed by atoms with Gasteiger partial charge in [-0.05, 0) is 73.0 Å². The van der Waals surface area contributed by atoms with E-state index in [1.807, 2.05) is 91.0 Å². The van der Waals surface area contributed by atoms with E-state index in [9.17, 15) is 5.11 Å². The van der Waals surface area contributed by atoms with Gasteiger partial charge in [-0.2, -0.15) is 0 Å². The van der Waals surface area contributed by atoms with Crippen LogP contribution in [0.15, 0.2) is 114 Å². The van der Waals surface area contributed by atoms with Crippen LogP contribution in [-0.4, -0.2) is 15.3 Å². The number of thiocarbonyl (C=S) groups is 2. The number of phenolic OH excluding ortho intramolecular Hbond substituents is 1. The molecule has 4 aromatic carbocycles. The fraction of sp³-hybridized carbons (Fsp3) is 0. The Labute approximate surface area is 215 Å². The lowest BCUT2D eigenvalue weighted by Gasteiger charge is -2.11. The Morgan fingerprint density at radius 2 is 0.941 bits per heavy atom.